The Morgan fingerprint density at radius 1 is 0.444 bits per heavy atom. The van der Waals surface area contributed by atoms with Crippen molar-refractivity contribution in [2.24, 2.45) is 0 Å². The van der Waals surface area contributed by atoms with E-state index in [0.717, 1.165) is 50.1 Å². The lowest BCUT2D eigenvalue weighted by Gasteiger charge is -2.22. The zero-order valence-corrected chi connectivity index (χ0v) is 19.4. The molecule has 0 spiro atoms. The van der Waals surface area contributed by atoms with Crippen LogP contribution in [0.4, 0.5) is 0 Å². The molecular formula is C34H20O2. The van der Waals surface area contributed by atoms with Gasteiger partial charge >= 0.3 is 0 Å². The molecule has 0 saturated carbocycles. The summed E-state index contributed by atoms with van der Waals surface area (Å²) in [6, 6.07) is 42.5. The molecular weight excluding hydrogens is 440 g/mol. The van der Waals surface area contributed by atoms with Crippen molar-refractivity contribution in [3.8, 4) is 44.9 Å². The molecule has 0 saturated heterocycles. The summed E-state index contributed by atoms with van der Waals surface area (Å²) in [4.78, 5) is 0. The summed E-state index contributed by atoms with van der Waals surface area (Å²) in [6.07, 6.45) is 0. The molecule has 7 aromatic rings. The maximum absolute atomic E-state index is 6.32. The second-order valence-corrected chi connectivity index (χ2v) is 9.34. The Bertz CT molecular complexity index is 1980. The topological polar surface area (TPSA) is 22.4 Å². The highest BCUT2D eigenvalue weighted by atomic mass is 16.5. The number of rotatable bonds is 2. The first-order valence-electron chi connectivity index (χ1n) is 12.2. The van der Waals surface area contributed by atoms with Gasteiger partial charge in [0.25, 0.3) is 0 Å². The second kappa shape index (κ2) is 7.34. The van der Waals surface area contributed by atoms with E-state index >= 15 is 0 Å². The Morgan fingerprint density at radius 3 is 2.19 bits per heavy atom. The molecule has 1 aromatic heterocycles. The summed E-state index contributed by atoms with van der Waals surface area (Å²) in [5, 5.41) is 4.64. The molecule has 8 rings (SSSR count). The highest BCUT2D eigenvalue weighted by Gasteiger charge is 2.21. The predicted molar refractivity (Wildman–Crippen MR) is 148 cm³/mol. The molecule has 0 atom stereocenters. The van der Waals surface area contributed by atoms with Crippen LogP contribution in [0.3, 0.4) is 0 Å². The van der Waals surface area contributed by atoms with Crippen LogP contribution in [0.1, 0.15) is 0 Å². The van der Waals surface area contributed by atoms with Gasteiger partial charge in [0.15, 0.2) is 0 Å². The van der Waals surface area contributed by atoms with Crippen molar-refractivity contribution < 1.29 is 9.15 Å². The standard InChI is InChI=1S/C34H20O2/c1-4-16-31-26(11-1)28-14-7-13-25(34(28)36-31)22-9-5-8-21(18-22)24-19-23-10-6-17-32-33(23)29(20-24)27-12-2-3-15-30(27)35-32/h1-20H. The van der Waals surface area contributed by atoms with Crippen LogP contribution < -0.4 is 4.74 Å². The summed E-state index contributed by atoms with van der Waals surface area (Å²) in [7, 11) is 0. The van der Waals surface area contributed by atoms with E-state index in [9.17, 15) is 0 Å². The van der Waals surface area contributed by atoms with Crippen LogP contribution in [-0.4, -0.2) is 0 Å². The maximum Gasteiger partial charge on any atom is 0.143 e. The largest absolute Gasteiger partial charge is 0.456 e. The minimum Gasteiger partial charge on any atom is -0.456 e. The van der Waals surface area contributed by atoms with Gasteiger partial charge in [-0.05, 0) is 64.0 Å². The fourth-order valence-electron chi connectivity index (χ4n) is 5.60. The van der Waals surface area contributed by atoms with E-state index in [1.54, 1.807) is 0 Å². The minimum absolute atomic E-state index is 0.903. The summed E-state index contributed by atoms with van der Waals surface area (Å²) in [6.45, 7) is 0. The third kappa shape index (κ3) is 2.79. The Hall–Kier alpha value is -4.82. The fraction of sp³-hybridized carbons (Fsp3) is 0. The SMILES string of the molecule is c1cc(-c2cc3c4c(cccc4c2)Oc2ccccc2-3)cc(-c2cccc3c2oc2ccccc23)c1. The molecule has 0 fully saturated rings. The molecule has 168 valence electrons. The maximum atomic E-state index is 6.32. The summed E-state index contributed by atoms with van der Waals surface area (Å²) < 4.78 is 12.6. The van der Waals surface area contributed by atoms with E-state index in [-0.39, 0.29) is 0 Å². The molecule has 2 heterocycles. The van der Waals surface area contributed by atoms with Gasteiger partial charge < -0.3 is 9.15 Å². The smallest absolute Gasteiger partial charge is 0.143 e. The van der Waals surface area contributed by atoms with Gasteiger partial charge in [-0.25, -0.2) is 0 Å². The van der Waals surface area contributed by atoms with Crippen molar-refractivity contribution in [1.82, 2.24) is 0 Å². The molecule has 0 unspecified atom stereocenters. The number of furan rings is 1. The molecule has 0 amide bonds. The highest BCUT2D eigenvalue weighted by Crippen LogP contribution is 2.48. The fourth-order valence-corrected chi connectivity index (χ4v) is 5.60. The number of hydrogen-bond donors (Lipinski definition) is 0. The van der Waals surface area contributed by atoms with Crippen molar-refractivity contribution in [2.45, 2.75) is 0 Å². The predicted octanol–water partition coefficient (Wildman–Crippen LogP) is 9.85. The van der Waals surface area contributed by atoms with Gasteiger partial charge in [0, 0.05) is 27.3 Å². The van der Waals surface area contributed by atoms with Gasteiger partial charge in [-0.1, -0.05) is 84.9 Å². The lowest BCUT2D eigenvalue weighted by Crippen LogP contribution is -1.97. The van der Waals surface area contributed by atoms with Gasteiger partial charge in [0.2, 0.25) is 0 Å². The van der Waals surface area contributed by atoms with Gasteiger partial charge in [0.05, 0.1) is 0 Å². The van der Waals surface area contributed by atoms with Crippen molar-refractivity contribution in [2.75, 3.05) is 0 Å². The van der Waals surface area contributed by atoms with Gasteiger partial charge in [-0.3, -0.25) is 0 Å². The van der Waals surface area contributed by atoms with Crippen molar-refractivity contribution in [1.29, 1.82) is 0 Å². The van der Waals surface area contributed by atoms with Crippen LogP contribution in [0.5, 0.6) is 11.5 Å². The molecule has 36 heavy (non-hydrogen) atoms. The first-order valence-corrected chi connectivity index (χ1v) is 12.2. The average molecular weight is 461 g/mol. The third-order valence-electron chi connectivity index (χ3n) is 7.25. The zero-order valence-electron chi connectivity index (χ0n) is 19.4. The lowest BCUT2D eigenvalue weighted by molar-refractivity contribution is 0.487. The van der Waals surface area contributed by atoms with Crippen LogP contribution in [0.25, 0.3) is 66.1 Å². The zero-order chi connectivity index (χ0) is 23.6. The van der Waals surface area contributed by atoms with Crippen LogP contribution >= 0.6 is 0 Å². The molecule has 1 aliphatic heterocycles. The van der Waals surface area contributed by atoms with E-state index in [0.29, 0.717) is 0 Å². The highest BCUT2D eigenvalue weighted by molar-refractivity contribution is 6.10. The van der Waals surface area contributed by atoms with E-state index in [1.165, 1.54) is 27.5 Å². The number of benzene rings is 6. The average Bonchev–Trinajstić information content (AvgIpc) is 3.32. The summed E-state index contributed by atoms with van der Waals surface area (Å²) >= 11 is 0. The number of hydrogen-bond acceptors (Lipinski definition) is 2. The molecule has 2 heteroatoms. The van der Waals surface area contributed by atoms with Crippen molar-refractivity contribution in [3.05, 3.63) is 121 Å². The number of ether oxygens (including phenoxy) is 1. The number of fused-ring (bicyclic) bond motifs is 5. The number of para-hydroxylation sites is 3. The Kier molecular flexibility index (Phi) is 3.97. The van der Waals surface area contributed by atoms with Crippen molar-refractivity contribution >= 4 is 32.7 Å². The van der Waals surface area contributed by atoms with E-state index in [4.69, 9.17) is 9.15 Å². The monoisotopic (exact) mass is 460 g/mol. The molecule has 0 bridgehead atoms. The van der Waals surface area contributed by atoms with Crippen molar-refractivity contribution in [3.63, 3.8) is 0 Å². The lowest BCUT2D eigenvalue weighted by atomic mass is 9.90. The van der Waals surface area contributed by atoms with Gasteiger partial charge in [0.1, 0.15) is 22.7 Å². The minimum atomic E-state index is 0.903. The van der Waals surface area contributed by atoms with E-state index < -0.39 is 0 Å². The normalized spacial score (nSPS) is 12.1. The first-order chi connectivity index (χ1) is 17.8. The molecule has 1 aliphatic rings. The van der Waals surface area contributed by atoms with Crippen LogP contribution in [-0.2, 0) is 0 Å². The van der Waals surface area contributed by atoms with Crippen LogP contribution in [0.15, 0.2) is 126 Å². The Morgan fingerprint density at radius 2 is 1.19 bits per heavy atom. The van der Waals surface area contributed by atoms with E-state index in [2.05, 4.69) is 97.1 Å². The van der Waals surface area contributed by atoms with Gasteiger partial charge in [-0.2, -0.15) is 0 Å². The molecule has 2 nitrogen and oxygen atoms in total. The van der Waals surface area contributed by atoms with E-state index in [1.807, 2.05) is 24.3 Å². The Labute approximate surface area is 208 Å². The summed E-state index contributed by atoms with van der Waals surface area (Å²) in [5.41, 5.74) is 8.80. The quantitative estimate of drug-likeness (QED) is 0.256. The third-order valence-corrected chi connectivity index (χ3v) is 7.25. The Balaban J connectivity index is 1.34. The molecule has 6 aromatic carbocycles. The molecule has 0 N–H and O–H groups in total. The second-order valence-electron chi connectivity index (χ2n) is 9.34. The molecule has 0 radical (unpaired) electrons. The first kappa shape index (κ1) is 19.5. The summed E-state index contributed by atoms with van der Waals surface area (Å²) in [5.74, 6) is 1.82. The van der Waals surface area contributed by atoms with Gasteiger partial charge in [-0.15, -0.1) is 0 Å². The molecule has 0 aliphatic carbocycles. The van der Waals surface area contributed by atoms with Crippen LogP contribution in [0, 0.1) is 0 Å². The van der Waals surface area contributed by atoms with Crippen LogP contribution in [0.2, 0.25) is 0 Å².